The molecule has 1 amide bonds. The fourth-order valence-electron chi connectivity index (χ4n) is 5.67. The molecule has 138 valence electrons. The highest BCUT2D eigenvalue weighted by molar-refractivity contribution is 6.02. The summed E-state index contributed by atoms with van der Waals surface area (Å²) in [5, 5.41) is 2.71. The Morgan fingerprint density at radius 2 is 2.15 bits per heavy atom. The summed E-state index contributed by atoms with van der Waals surface area (Å²) in [6.07, 6.45) is 6.63. The molecule has 1 N–H and O–H groups in total. The van der Waals surface area contributed by atoms with E-state index in [4.69, 9.17) is 4.74 Å². The molecule has 4 rings (SSSR count). The predicted molar refractivity (Wildman–Crippen MR) is 99.9 cm³/mol. The SMILES string of the molecule is COc1ccc2c(c1)CC[C@@H]1[C@@H]2CC[C@]2(C)C(=O)/C(=C\NC(C)=O)C[C@@H]12. The van der Waals surface area contributed by atoms with E-state index in [1.165, 1.54) is 18.1 Å². The number of ketones is 1. The van der Waals surface area contributed by atoms with Crippen molar-refractivity contribution in [1.82, 2.24) is 5.32 Å². The van der Waals surface area contributed by atoms with Crippen LogP contribution >= 0.6 is 0 Å². The van der Waals surface area contributed by atoms with Gasteiger partial charge in [-0.2, -0.15) is 0 Å². The number of rotatable bonds is 2. The topological polar surface area (TPSA) is 55.4 Å². The Kier molecular flexibility index (Phi) is 4.17. The number of carbonyl (C=O) groups is 2. The summed E-state index contributed by atoms with van der Waals surface area (Å²) in [5.41, 5.74) is 3.40. The molecule has 0 saturated heterocycles. The molecular weight excluding hydrogens is 326 g/mol. The van der Waals surface area contributed by atoms with E-state index < -0.39 is 0 Å². The average molecular weight is 353 g/mol. The Balaban J connectivity index is 1.65. The van der Waals surface area contributed by atoms with Crippen molar-refractivity contribution >= 4 is 11.7 Å². The number of carbonyl (C=O) groups excluding carboxylic acids is 2. The standard InChI is InChI=1S/C22H27NO3/c1-13(24)23-12-15-11-20-19-6-4-14-10-16(26-3)5-7-17(14)18(19)8-9-22(20,2)21(15)25/h5,7,10,12,18-20H,4,6,8-9,11H2,1-3H3,(H,23,24)/b15-12-/t18-,19-,20+,22+/m1/s1. The third-order valence-corrected chi connectivity index (χ3v) is 7.02. The van der Waals surface area contributed by atoms with Crippen LogP contribution in [0.3, 0.4) is 0 Å². The highest BCUT2D eigenvalue weighted by Crippen LogP contribution is 2.60. The second-order valence-corrected chi connectivity index (χ2v) is 8.34. The molecule has 0 aliphatic heterocycles. The van der Waals surface area contributed by atoms with Gasteiger partial charge in [0.1, 0.15) is 5.75 Å². The maximum Gasteiger partial charge on any atom is 0.220 e. The zero-order valence-electron chi connectivity index (χ0n) is 15.8. The van der Waals surface area contributed by atoms with Crippen molar-refractivity contribution in [2.45, 2.75) is 51.9 Å². The molecule has 0 spiro atoms. The smallest absolute Gasteiger partial charge is 0.220 e. The van der Waals surface area contributed by atoms with E-state index in [0.29, 0.717) is 17.8 Å². The summed E-state index contributed by atoms with van der Waals surface area (Å²) >= 11 is 0. The van der Waals surface area contributed by atoms with Crippen LogP contribution in [0.2, 0.25) is 0 Å². The molecule has 0 radical (unpaired) electrons. The number of Topliss-reactive ketones (excluding diaryl/α,β-unsaturated/α-hetero) is 1. The number of nitrogens with one attached hydrogen (secondary N) is 1. The number of benzene rings is 1. The molecule has 3 aliphatic rings. The number of allylic oxidation sites excluding steroid dienone is 1. The van der Waals surface area contributed by atoms with E-state index >= 15 is 0 Å². The van der Waals surface area contributed by atoms with Gasteiger partial charge in [0, 0.05) is 24.1 Å². The first-order valence-electron chi connectivity index (χ1n) is 9.62. The van der Waals surface area contributed by atoms with Crippen molar-refractivity contribution in [2.75, 3.05) is 7.11 Å². The van der Waals surface area contributed by atoms with E-state index in [-0.39, 0.29) is 17.1 Å². The number of fused-ring (bicyclic) bond motifs is 5. The Morgan fingerprint density at radius 3 is 2.88 bits per heavy atom. The molecule has 0 heterocycles. The van der Waals surface area contributed by atoms with Gasteiger partial charge in [-0.05, 0) is 73.1 Å². The van der Waals surface area contributed by atoms with Crippen LogP contribution in [-0.2, 0) is 16.0 Å². The summed E-state index contributed by atoms with van der Waals surface area (Å²) in [7, 11) is 1.71. The van der Waals surface area contributed by atoms with E-state index in [1.807, 2.05) is 0 Å². The molecule has 0 bridgehead atoms. The molecule has 0 unspecified atom stereocenters. The van der Waals surface area contributed by atoms with Gasteiger partial charge in [0.05, 0.1) is 7.11 Å². The van der Waals surface area contributed by atoms with Crippen molar-refractivity contribution in [1.29, 1.82) is 0 Å². The molecule has 2 fully saturated rings. The predicted octanol–water partition coefficient (Wildman–Crippen LogP) is 3.75. The monoisotopic (exact) mass is 353 g/mol. The van der Waals surface area contributed by atoms with Crippen LogP contribution in [0, 0.1) is 17.3 Å². The molecule has 4 heteroatoms. The largest absolute Gasteiger partial charge is 0.497 e. The third kappa shape index (κ3) is 2.58. The van der Waals surface area contributed by atoms with Crippen molar-refractivity contribution in [3.63, 3.8) is 0 Å². The van der Waals surface area contributed by atoms with E-state index in [2.05, 4.69) is 30.4 Å². The summed E-state index contributed by atoms with van der Waals surface area (Å²) in [4.78, 5) is 24.3. The lowest BCUT2D eigenvalue weighted by Crippen LogP contribution is -2.42. The van der Waals surface area contributed by atoms with Crippen LogP contribution < -0.4 is 10.1 Å². The van der Waals surface area contributed by atoms with Crippen molar-refractivity contribution in [3.05, 3.63) is 41.1 Å². The van der Waals surface area contributed by atoms with Gasteiger partial charge < -0.3 is 10.1 Å². The highest BCUT2D eigenvalue weighted by Gasteiger charge is 2.56. The summed E-state index contributed by atoms with van der Waals surface area (Å²) in [6, 6.07) is 6.48. The lowest BCUT2D eigenvalue weighted by atomic mass is 9.55. The Labute approximate surface area is 155 Å². The molecule has 4 atom stereocenters. The Bertz CT molecular complexity index is 797. The van der Waals surface area contributed by atoms with Crippen molar-refractivity contribution < 1.29 is 14.3 Å². The second kappa shape index (κ2) is 6.26. The lowest BCUT2D eigenvalue weighted by molar-refractivity contribution is -0.127. The quantitative estimate of drug-likeness (QED) is 0.824. The van der Waals surface area contributed by atoms with Gasteiger partial charge in [-0.3, -0.25) is 9.59 Å². The number of ether oxygens (including phenoxy) is 1. The summed E-state index contributed by atoms with van der Waals surface area (Å²) in [5.74, 6) is 2.51. The number of amides is 1. The summed E-state index contributed by atoms with van der Waals surface area (Å²) in [6.45, 7) is 3.63. The first-order chi connectivity index (χ1) is 12.4. The van der Waals surface area contributed by atoms with Gasteiger partial charge in [-0.15, -0.1) is 0 Å². The highest BCUT2D eigenvalue weighted by atomic mass is 16.5. The van der Waals surface area contributed by atoms with Crippen molar-refractivity contribution in [2.24, 2.45) is 17.3 Å². The molecular formula is C22H27NO3. The number of aryl methyl sites for hydroxylation is 1. The molecule has 1 aromatic carbocycles. The first kappa shape index (κ1) is 17.3. The molecule has 0 aromatic heterocycles. The Hall–Kier alpha value is -2.10. The van der Waals surface area contributed by atoms with Crippen LogP contribution in [0.15, 0.2) is 30.0 Å². The number of hydrogen-bond donors (Lipinski definition) is 1. The van der Waals surface area contributed by atoms with Gasteiger partial charge in [-0.1, -0.05) is 13.0 Å². The number of methoxy groups -OCH3 is 1. The van der Waals surface area contributed by atoms with E-state index in [1.54, 1.807) is 13.3 Å². The van der Waals surface area contributed by atoms with E-state index in [9.17, 15) is 9.59 Å². The minimum atomic E-state index is -0.268. The lowest BCUT2D eigenvalue weighted by Gasteiger charge is -2.48. The van der Waals surface area contributed by atoms with Gasteiger partial charge in [0.25, 0.3) is 0 Å². The summed E-state index contributed by atoms with van der Waals surface area (Å²) < 4.78 is 5.39. The van der Waals surface area contributed by atoms with Crippen LogP contribution in [0.4, 0.5) is 0 Å². The molecule has 26 heavy (non-hydrogen) atoms. The third-order valence-electron chi connectivity index (χ3n) is 7.02. The van der Waals surface area contributed by atoms with Gasteiger partial charge in [0.15, 0.2) is 5.78 Å². The van der Waals surface area contributed by atoms with E-state index in [0.717, 1.165) is 43.4 Å². The fourth-order valence-corrected chi connectivity index (χ4v) is 5.67. The zero-order valence-corrected chi connectivity index (χ0v) is 15.8. The van der Waals surface area contributed by atoms with Crippen molar-refractivity contribution in [3.8, 4) is 5.75 Å². The maximum atomic E-state index is 13.0. The van der Waals surface area contributed by atoms with Crippen LogP contribution in [0.1, 0.15) is 56.6 Å². The first-order valence-corrected chi connectivity index (χ1v) is 9.62. The van der Waals surface area contributed by atoms with Gasteiger partial charge >= 0.3 is 0 Å². The zero-order chi connectivity index (χ0) is 18.5. The van der Waals surface area contributed by atoms with Crippen LogP contribution in [-0.4, -0.2) is 18.8 Å². The second-order valence-electron chi connectivity index (χ2n) is 8.34. The maximum absolute atomic E-state index is 13.0. The molecule has 3 aliphatic carbocycles. The molecule has 2 saturated carbocycles. The minimum Gasteiger partial charge on any atom is -0.497 e. The molecule has 4 nitrogen and oxygen atoms in total. The normalized spacial score (nSPS) is 34.0. The average Bonchev–Trinajstić information content (AvgIpc) is 2.90. The molecule has 1 aromatic rings. The van der Waals surface area contributed by atoms with Gasteiger partial charge in [0.2, 0.25) is 5.91 Å². The fraction of sp³-hybridized carbons (Fsp3) is 0.545. The Morgan fingerprint density at radius 1 is 1.35 bits per heavy atom. The minimum absolute atomic E-state index is 0.122. The van der Waals surface area contributed by atoms with Gasteiger partial charge in [-0.25, -0.2) is 0 Å². The van der Waals surface area contributed by atoms with Crippen LogP contribution in [0.5, 0.6) is 5.75 Å². The van der Waals surface area contributed by atoms with Crippen LogP contribution in [0.25, 0.3) is 0 Å². The number of hydrogen-bond acceptors (Lipinski definition) is 3.